The van der Waals surface area contributed by atoms with Crippen LogP contribution in [0.25, 0.3) is 0 Å². The molecule has 0 saturated heterocycles. The Hall–Kier alpha value is -0.0900. The molecule has 98 valence electrons. The summed E-state index contributed by atoms with van der Waals surface area (Å²) in [6.07, 6.45) is 7.40. The Kier molecular flexibility index (Phi) is 3.94. The molecule has 3 rings (SSSR count). The summed E-state index contributed by atoms with van der Waals surface area (Å²) in [5.41, 5.74) is 1.27. The predicted molar refractivity (Wildman–Crippen MR) is 82.4 cm³/mol. The quantitative estimate of drug-likeness (QED) is 0.808. The van der Waals surface area contributed by atoms with Gasteiger partial charge in [0.1, 0.15) is 0 Å². The lowest BCUT2D eigenvalue weighted by molar-refractivity contribution is 0.124. The average Bonchev–Trinajstić information content (AvgIpc) is 2.94. The van der Waals surface area contributed by atoms with E-state index < -0.39 is 0 Å². The molecular weight excluding hydrogens is 335 g/mol. The van der Waals surface area contributed by atoms with Gasteiger partial charge in [-0.1, -0.05) is 18.6 Å². The van der Waals surface area contributed by atoms with Gasteiger partial charge in [0.05, 0.1) is 6.10 Å². The van der Waals surface area contributed by atoms with Gasteiger partial charge in [0.2, 0.25) is 0 Å². The van der Waals surface area contributed by atoms with E-state index in [2.05, 4.69) is 46.9 Å². The highest BCUT2D eigenvalue weighted by Crippen LogP contribution is 2.49. The van der Waals surface area contributed by atoms with Gasteiger partial charge in [0, 0.05) is 3.57 Å². The maximum atomic E-state index is 10.3. The van der Waals surface area contributed by atoms with E-state index >= 15 is 0 Å². The van der Waals surface area contributed by atoms with Crippen LogP contribution in [-0.2, 0) is 6.42 Å². The van der Waals surface area contributed by atoms with Gasteiger partial charge in [-0.15, -0.1) is 0 Å². The zero-order valence-corrected chi connectivity index (χ0v) is 12.8. The zero-order valence-electron chi connectivity index (χ0n) is 10.7. The molecule has 0 heterocycles. The second-order valence-corrected chi connectivity index (χ2v) is 7.40. The highest BCUT2D eigenvalue weighted by molar-refractivity contribution is 14.1. The molecule has 1 nitrogen and oxygen atoms in total. The molecule has 0 amide bonds. The maximum Gasteiger partial charge on any atom is 0.0583 e. The first-order valence-electron chi connectivity index (χ1n) is 7.13. The van der Waals surface area contributed by atoms with Crippen LogP contribution < -0.4 is 0 Å². The van der Waals surface area contributed by atoms with Crippen LogP contribution in [0.15, 0.2) is 24.3 Å². The lowest BCUT2D eigenvalue weighted by Crippen LogP contribution is -2.20. The minimum absolute atomic E-state index is 0.144. The van der Waals surface area contributed by atoms with Crippen molar-refractivity contribution in [3.05, 3.63) is 33.4 Å². The fraction of sp³-hybridized carbons (Fsp3) is 0.625. The Balaban J connectivity index is 1.52. The maximum absolute atomic E-state index is 10.3. The van der Waals surface area contributed by atoms with E-state index in [-0.39, 0.29) is 6.10 Å². The van der Waals surface area contributed by atoms with Crippen LogP contribution >= 0.6 is 22.6 Å². The van der Waals surface area contributed by atoms with Crippen LogP contribution in [0.3, 0.4) is 0 Å². The molecule has 18 heavy (non-hydrogen) atoms. The SMILES string of the molecule is OC(Cc1ccc(I)cc1)CC1CC2CCC1C2. The predicted octanol–water partition coefficient (Wildman–Crippen LogP) is 4.02. The molecule has 4 unspecified atom stereocenters. The molecular formula is C16H21IO. The van der Waals surface area contributed by atoms with Crippen molar-refractivity contribution in [2.45, 2.75) is 44.6 Å². The van der Waals surface area contributed by atoms with E-state index in [0.717, 1.165) is 30.6 Å². The molecule has 2 heteroatoms. The van der Waals surface area contributed by atoms with Crippen molar-refractivity contribution >= 4 is 22.6 Å². The molecule has 2 aliphatic carbocycles. The van der Waals surface area contributed by atoms with Gasteiger partial charge in [0.15, 0.2) is 0 Å². The van der Waals surface area contributed by atoms with Gasteiger partial charge in [0.25, 0.3) is 0 Å². The summed E-state index contributed by atoms with van der Waals surface area (Å²) in [5.74, 6) is 2.73. The largest absolute Gasteiger partial charge is 0.393 e. The fourth-order valence-corrected chi connectivity index (χ4v) is 4.35. The number of halogens is 1. The lowest BCUT2D eigenvalue weighted by Gasteiger charge is -2.24. The van der Waals surface area contributed by atoms with Crippen molar-refractivity contribution in [1.29, 1.82) is 0 Å². The van der Waals surface area contributed by atoms with Gasteiger partial charge >= 0.3 is 0 Å². The van der Waals surface area contributed by atoms with E-state index in [9.17, 15) is 5.11 Å². The standard InChI is InChI=1S/C16H21IO/c17-15-5-2-11(3-6-15)9-16(18)10-14-8-12-1-4-13(14)7-12/h2-3,5-6,12-14,16,18H,1,4,7-10H2. The summed E-state index contributed by atoms with van der Waals surface area (Å²) in [6, 6.07) is 8.54. The number of aliphatic hydroxyl groups excluding tert-OH is 1. The molecule has 1 aromatic carbocycles. The average molecular weight is 356 g/mol. The van der Waals surface area contributed by atoms with E-state index in [0.29, 0.717) is 0 Å². The summed E-state index contributed by atoms with van der Waals surface area (Å²) >= 11 is 2.32. The number of rotatable bonds is 4. The number of hydrogen-bond donors (Lipinski definition) is 1. The minimum Gasteiger partial charge on any atom is -0.393 e. The van der Waals surface area contributed by atoms with E-state index in [4.69, 9.17) is 0 Å². The summed E-state index contributed by atoms with van der Waals surface area (Å²) in [7, 11) is 0. The summed E-state index contributed by atoms with van der Waals surface area (Å²) in [4.78, 5) is 0. The third-order valence-corrected chi connectivity index (χ3v) is 5.56. The summed E-state index contributed by atoms with van der Waals surface area (Å²) in [6.45, 7) is 0. The van der Waals surface area contributed by atoms with Crippen LogP contribution in [0, 0.1) is 21.3 Å². The van der Waals surface area contributed by atoms with Crippen LogP contribution in [0.5, 0.6) is 0 Å². The van der Waals surface area contributed by atoms with Gasteiger partial charge in [-0.05, 0) is 90.1 Å². The zero-order chi connectivity index (χ0) is 12.5. The van der Waals surface area contributed by atoms with E-state index in [1.54, 1.807) is 0 Å². The van der Waals surface area contributed by atoms with Crippen molar-refractivity contribution in [3.8, 4) is 0 Å². The fourth-order valence-electron chi connectivity index (χ4n) is 3.99. The molecule has 0 spiro atoms. The number of hydrogen-bond acceptors (Lipinski definition) is 1. The molecule has 1 aromatic rings. The van der Waals surface area contributed by atoms with Crippen LogP contribution in [-0.4, -0.2) is 11.2 Å². The van der Waals surface area contributed by atoms with Gasteiger partial charge in [-0.3, -0.25) is 0 Å². The molecule has 2 aliphatic rings. The summed E-state index contributed by atoms with van der Waals surface area (Å²) < 4.78 is 1.26. The van der Waals surface area contributed by atoms with Crippen LogP contribution in [0.2, 0.25) is 0 Å². The van der Waals surface area contributed by atoms with Crippen LogP contribution in [0.4, 0.5) is 0 Å². The molecule has 1 N–H and O–H groups in total. The topological polar surface area (TPSA) is 20.2 Å². The lowest BCUT2D eigenvalue weighted by atomic mass is 9.84. The van der Waals surface area contributed by atoms with Crippen molar-refractivity contribution in [1.82, 2.24) is 0 Å². The Morgan fingerprint density at radius 1 is 1.17 bits per heavy atom. The first kappa shape index (κ1) is 12.9. The van der Waals surface area contributed by atoms with Gasteiger partial charge < -0.3 is 5.11 Å². The second kappa shape index (κ2) is 5.49. The second-order valence-electron chi connectivity index (χ2n) is 6.16. The molecule has 2 fully saturated rings. The monoisotopic (exact) mass is 356 g/mol. The number of benzene rings is 1. The van der Waals surface area contributed by atoms with E-state index in [1.165, 1.54) is 34.8 Å². The van der Waals surface area contributed by atoms with Crippen molar-refractivity contribution in [2.24, 2.45) is 17.8 Å². The van der Waals surface area contributed by atoms with Gasteiger partial charge in [-0.2, -0.15) is 0 Å². The minimum atomic E-state index is -0.144. The highest BCUT2D eigenvalue weighted by atomic mass is 127. The first-order chi connectivity index (χ1) is 8.70. The Morgan fingerprint density at radius 2 is 1.94 bits per heavy atom. The third-order valence-electron chi connectivity index (χ3n) is 4.84. The van der Waals surface area contributed by atoms with Crippen molar-refractivity contribution < 1.29 is 5.11 Å². The Morgan fingerprint density at radius 3 is 2.56 bits per heavy atom. The molecule has 4 atom stereocenters. The van der Waals surface area contributed by atoms with Crippen molar-refractivity contribution in [2.75, 3.05) is 0 Å². The van der Waals surface area contributed by atoms with Crippen molar-refractivity contribution in [3.63, 3.8) is 0 Å². The van der Waals surface area contributed by atoms with Crippen LogP contribution in [0.1, 0.15) is 37.7 Å². The highest BCUT2D eigenvalue weighted by Gasteiger charge is 2.39. The molecule has 2 saturated carbocycles. The summed E-state index contributed by atoms with van der Waals surface area (Å²) in [5, 5.41) is 10.3. The molecule has 0 aromatic heterocycles. The third kappa shape index (κ3) is 2.90. The van der Waals surface area contributed by atoms with E-state index in [1.807, 2.05) is 0 Å². The molecule has 0 aliphatic heterocycles. The Bertz CT molecular complexity index is 400. The normalized spacial score (nSPS) is 31.8. The molecule has 2 bridgehead atoms. The smallest absolute Gasteiger partial charge is 0.0583 e. The Labute approximate surface area is 123 Å². The molecule has 0 radical (unpaired) electrons. The number of aliphatic hydroxyl groups is 1. The van der Waals surface area contributed by atoms with Gasteiger partial charge in [-0.25, -0.2) is 0 Å². The first-order valence-corrected chi connectivity index (χ1v) is 8.21. The number of fused-ring (bicyclic) bond motifs is 2.